The van der Waals surface area contributed by atoms with E-state index in [9.17, 15) is 9.59 Å². The van der Waals surface area contributed by atoms with Crippen LogP contribution in [0.15, 0.2) is 36.9 Å². The average Bonchev–Trinajstić information content (AvgIpc) is 3.08. The third-order valence-corrected chi connectivity index (χ3v) is 3.69. The van der Waals surface area contributed by atoms with E-state index in [4.69, 9.17) is 11.2 Å². The fraction of sp³-hybridized carbons (Fsp3) is 0.333. The van der Waals surface area contributed by atoms with Crippen LogP contribution in [0.3, 0.4) is 0 Å². The van der Waals surface area contributed by atoms with Crippen LogP contribution in [-0.2, 0) is 20.7 Å². The van der Waals surface area contributed by atoms with Gasteiger partial charge in [-0.25, -0.2) is 0 Å². The van der Waals surface area contributed by atoms with Gasteiger partial charge in [-0.3, -0.25) is 9.59 Å². The third kappa shape index (κ3) is 4.70. The van der Waals surface area contributed by atoms with Crippen LogP contribution in [0.1, 0.15) is 12.0 Å². The number of carbonyl (C=O) groups is 2. The molecular weight excluding hydrogens is 292 g/mol. The van der Waals surface area contributed by atoms with E-state index in [2.05, 4.69) is 17.8 Å². The summed E-state index contributed by atoms with van der Waals surface area (Å²) in [5.74, 6) is 2.26. The third-order valence-electron chi connectivity index (χ3n) is 3.69. The van der Waals surface area contributed by atoms with Gasteiger partial charge in [-0.1, -0.05) is 24.6 Å². The van der Waals surface area contributed by atoms with Crippen molar-refractivity contribution in [2.45, 2.75) is 18.9 Å². The van der Waals surface area contributed by atoms with Gasteiger partial charge in [0.2, 0.25) is 11.8 Å². The van der Waals surface area contributed by atoms with Crippen LogP contribution in [0.5, 0.6) is 0 Å². The van der Waals surface area contributed by atoms with Gasteiger partial charge in [0, 0.05) is 12.3 Å². The number of benzene rings is 1. The van der Waals surface area contributed by atoms with E-state index >= 15 is 0 Å². The Labute approximate surface area is 136 Å². The average molecular weight is 312 g/mol. The Morgan fingerprint density at radius 3 is 2.74 bits per heavy atom. The molecule has 0 aromatic heterocycles. The van der Waals surface area contributed by atoms with Crippen LogP contribution < -0.4 is 5.32 Å². The van der Waals surface area contributed by atoms with Crippen LogP contribution in [0.4, 0.5) is 5.69 Å². The molecule has 5 nitrogen and oxygen atoms in total. The fourth-order valence-corrected chi connectivity index (χ4v) is 2.46. The molecular formula is C18H20N2O3. The number of anilines is 1. The van der Waals surface area contributed by atoms with Crippen molar-refractivity contribution in [3.05, 3.63) is 42.5 Å². The second kappa shape index (κ2) is 8.16. The van der Waals surface area contributed by atoms with Gasteiger partial charge in [-0.15, -0.1) is 6.42 Å². The Morgan fingerprint density at radius 1 is 1.43 bits per heavy atom. The number of amides is 2. The highest BCUT2D eigenvalue weighted by Gasteiger charge is 2.26. The van der Waals surface area contributed by atoms with Crippen LogP contribution in [0.25, 0.3) is 0 Å². The number of rotatable bonds is 6. The van der Waals surface area contributed by atoms with Gasteiger partial charge in [0.1, 0.15) is 0 Å². The molecule has 1 fully saturated rings. The van der Waals surface area contributed by atoms with Gasteiger partial charge < -0.3 is 15.0 Å². The standard InChI is InChI=1S/C18H20N2O3/c1-3-10-20(16-9-11-23-13-16)18(22)12-14-5-7-15(8-6-14)19-17(21)4-2/h1,4-8,16H,2,9-13H2,(H,19,21). The second-order valence-electron chi connectivity index (χ2n) is 5.31. The van der Waals surface area contributed by atoms with Crippen molar-refractivity contribution >= 4 is 17.5 Å². The number of hydrogen-bond acceptors (Lipinski definition) is 3. The van der Waals surface area contributed by atoms with E-state index in [-0.39, 0.29) is 24.3 Å². The lowest BCUT2D eigenvalue weighted by Crippen LogP contribution is -2.41. The first-order chi connectivity index (χ1) is 11.1. The Kier molecular flexibility index (Phi) is 5.95. The van der Waals surface area contributed by atoms with E-state index in [0.717, 1.165) is 12.0 Å². The number of nitrogens with one attached hydrogen (secondary N) is 1. The monoisotopic (exact) mass is 312 g/mol. The zero-order valence-corrected chi connectivity index (χ0v) is 13.0. The number of ether oxygens (including phenoxy) is 1. The molecule has 0 bridgehead atoms. The minimum absolute atomic E-state index is 0.0127. The summed E-state index contributed by atoms with van der Waals surface area (Å²) in [6, 6.07) is 7.21. The molecule has 1 unspecified atom stereocenters. The summed E-state index contributed by atoms with van der Waals surface area (Å²) < 4.78 is 5.34. The van der Waals surface area contributed by atoms with Crippen LogP contribution in [-0.4, -0.2) is 42.5 Å². The van der Waals surface area contributed by atoms with Crippen molar-refractivity contribution in [2.75, 3.05) is 25.1 Å². The van der Waals surface area contributed by atoms with Crippen LogP contribution >= 0.6 is 0 Å². The lowest BCUT2D eigenvalue weighted by Gasteiger charge is -2.26. The molecule has 2 amide bonds. The highest BCUT2D eigenvalue weighted by molar-refractivity contribution is 5.98. The molecule has 1 aromatic rings. The Hall–Kier alpha value is -2.58. The van der Waals surface area contributed by atoms with E-state index in [1.807, 2.05) is 12.1 Å². The van der Waals surface area contributed by atoms with Gasteiger partial charge in [0.05, 0.1) is 25.6 Å². The first-order valence-electron chi connectivity index (χ1n) is 7.47. The fourth-order valence-electron chi connectivity index (χ4n) is 2.46. The Balaban J connectivity index is 1.99. The predicted octanol–water partition coefficient (Wildman–Crippen LogP) is 1.60. The molecule has 1 atom stereocenters. The van der Waals surface area contributed by atoms with Crippen LogP contribution in [0, 0.1) is 12.3 Å². The quantitative estimate of drug-likeness (QED) is 0.641. The van der Waals surface area contributed by atoms with Crippen molar-refractivity contribution in [1.82, 2.24) is 4.90 Å². The molecule has 0 spiro atoms. The second-order valence-corrected chi connectivity index (χ2v) is 5.31. The van der Waals surface area contributed by atoms with Crippen LogP contribution in [0.2, 0.25) is 0 Å². The number of terminal acetylenes is 1. The molecule has 1 heterocycles. The van der Waals surface area contributed by atoms with Gasteiger partial charge in [-0.05, 0) is 30.2 Å². The zero-order chi connectivity index (χ0) is 16.7. The Bertz CT molecular complexity index is 610. The lowest BCUT2D eigenvalue weighted by atomic mass is 10.1. The smallest absolute Gasteiger partial charge is 0.247 e. The van der Waals surface area contributed by atoms with Gasteiger partial charge in [-0.2, -0.15) is 0 Å². The number of carbonyl (C=O) groups excluding carboxylic acids is 2. The maximum absolute atomic E-state index is 12.5. The molecule has 120 valence electrons. The summed E-state index contributed by atoms with van der Waals surface area (Å²) in [4.78, 5) is 25.4. The largest absolute Gasteiger partial charge is 0.379 e. The molecule has 0 radical (unpaired) electrons. The summed E-state index contributed by atoms with van der Waals surface area (Å²) in [6.07, 6.45) is 7.67. The van der Waals surface area contributed by atoms with E-state index < -0.39 is 0 Å². The van der Waals surface area contributed by atoms with Crippen molar-refractivity contribution < 1.29 is 14.3 Å². The molecule has 2 rings (SSSR count). The molecule has 1 aliphatic heterocycles. The first kappa shape index (κ1) is 16.8. The van der Waals surface area contributed by atoms with Gasteiger partial charge in [0.25, 0.3) is 0 Å². The van der Waals surface area contributed by atoms with Crippen molar-refractivity contribution in [3.63, 3.8) is 0 Å². The SMILES string of the molecule is C#CCN(C(=O)Cc1ccc(NC(=O)C=C)cc1)C1CCOC1. The number of nitrogens with zero attached hydrogens (tertiary/aromatic N) is 1. The summed E-state index contributed by atoms with van der Waals surface area (Å²) in [6.45, 7) is 4.90. The molecule has 0 aliphatic carbocycles. The van der Waals surface area contributed by atoms with Crippen molar-refractivity contribution in [3.8, 4) is 12.3 Å². The minimum atomic E-state index is -0.268. The molecule has 1 N–H and O–H groups in total. The molecule has 1 aliphatic rings. The summed E-state index contributed by atoms with van der Waals surface area (Å²) >= 11 is 0. The summed E-state index contributed by atoms with van der Waals surface area (Å²) in [5.41, 5.74) is 1.53. The maximum Gasteiger partial charge on any atom is 0.247 e. The molecule has 23 heavy (non-hydrogen) atoms. The van der Waals surface area contributed by atoms with Gasteiger partial charge >= 0.3 is 0 Å². The topological polar surface area (TPSA) is 58.6 Å². The highest BCUT2D eigenvalue weighted by Crippen LogP contribution is 2.15. The first-order valence-corrected chi connectivity index (χ1v) is 7.47. The predicted molar refractivity (Wildman–Crippen MR) is 88.7 cm³/mol. The number of hydrogen-bond donors (Lipinski definition) is 1. The highest BCUT2D eigenvalue weighted by atomic mass is 16.5. The van der Waals surface area contributed by atoms with E-state index in [1.54, 1.807) is 17.0 Å². The molecule has 1 saturated heterocycles. The minimum Gasteiger partial charge on any atom is -0.379 e. The van der Waals surface area contributed by atoms with Crippen molar-refractivity contribution in [1.29, 1.82) is 0 Å². The maximum atomic E-state index is 12.5. The summed E-state index contributed by atoms with van der Waals surface area (Å²) in [5, 5.41) is 2.66. The summed E-state index contributed by atoms with van der Waals surface area (Å²) in [7, 11) is 0. The zero-order valence-electron chi connectivity index (χ0n) is 13.0. The molecule has 5 heteroatoms. The Morgan fingerprint density at radius 2 is 2.17 bits per heavy atom. The molecule has 0 saturated carbocycles. The van der Waals surface area contributed by atoms with E-state index in [0.29, 0.717) is 25.4 Å². The lowest BCUT2D eigenvalue weighted by molar-refractivity contribution is -0.132. The normalized spacial score (nSPS) is 16.4. The molecule has 1 aromatic carbocycles. The van der Waals surface area contributed by atoms with Gasteiger partial charge in [0.15, 0.2) is 0 Å². The van der Waals surface area contributed by atoms with E-state index in [1.165, 1.54) is 6.08 Å². The van der Waals surface area contributed by atoms with Crippen molar-refractivity contribution in [2.24, 2.45) is 0 Å².